The van der Waals surface area contributed by atoms with Crippen LogP contribution in [0.3, 0.4) is 0 Å². The van der Waals surface area contributed by atoms with Crippen LogP contribution in [0.1, 0.15) is 17.5 Å². The Morgan fingerprint density at radius 1 is 1.45 bits per heavy atom. The highest BCUT2D eigenvalue weighted by Gasteiger charge is 1.99. The van der Waals surface area contributed by atoms with Gasteiger partial charge in [0.05, 0.1) is 6.21 Å². The zero-order valence-electron chi connectivity index (χ0n) is 10.6. The third-order valence-electron chi connectivity index (χ3n) is 2.50. The molecular weight excluding hydrogens is 276 g/mol. The quantitative estimate of drug-likeness (QED) is 0.559. The Morgan fingerprint density at radius 2 is 2.20 bits per heavy atom. The molecule has 0 unspecified atom stereocenters. The van der Waals surface area contributed by atoms with E-state index in [2.05, 4.69) is 15.5 Å². The van der Waals surface area contributed by atoms with Crippen LogP contribution in [0.4, 0.5) is 10.9 Å². The summed E-state index contributed by atoms with van der Waals surface area (Å²) in [5, 5.41) is 15.0. The zero-order chi connectivity index (χ0) is 14.4. The average molecular weight is 290 g/mol. The van der Waals surface area contributed by atoms with Crippen LogP contribution >= 0.6 is 11.3 Å². The van der Waals surface area contributed by atoms with Crippen molar-refractivity contribution in [2.24, 2.45) is 5.10 Å². The van der Waals surface area contributed by atoms with Gasteiger partial charge in [-0.2, -0.15) is 5.10 Å². The molecule has 0 spiro atoms. The Kier molecular flexibility index (Phi) is 4.67. The molecule has 0 fully saturated rings. The lowest BCUT2D eigenvalue weighted by Gasteiger charge is -1.99. The summed E-state index contributed by atoms with van der Waals surface area (Å²) < 4.78 is 0. The predicted octanol–water partition coefficient (Wildman–Crippen LogP) is 2.19. The van der Waals surface area contributed by atoms with Crippen LogP contribution in [-0.4, -0.2) is 22.3 Å². The first kappa shape index (κ1) is 14.0. The average Bonchev–Trinajstić information content (AvgIpc) is 2.83. The largest absolute Gasteiger partial charge is 0.481 e. The number of thiazole rings is 1. The number of nitrogens with zero attached hydrogens (tertiary/aromatic N) is 2. The second-order valence-electron chi connectivity index (χ2n) is 4.08. The number of rotatable bonds is 6. The van der Waals surface area contributed by atoms with Crippen molar-refractivity contribution < 1.29 is 9.90 Å². The highest BCUT2D eigenvalue weighted by Crippen LogP contribution is 2.16. The molecule has 0 atom stereocenters. The lowest BCUT2D eigenvalue weighted by molar-refractivity contribution is -0.136. The summed E-state index contributed by atoms with van der Waals surface area (Å²) in [7, 11) is 0. The summed E-state index contributed by atoms with van der Waals surface area (Å²) in [6.07, 6.45) is 2.34. The van der Waals surface area contributed by atoms with Crippen molar-refractivity contribution in [3.05, 3.63) is 40.8 Å². The second-order valence-corrected chi connectivity index (χ2v) is 4.94. The van der Waals surface area contributed by atoms with Gasteiger partial charge >= 0.3 is 5.97 Å². The molecule has 0 radical (unpaired) electrons. The molecule has 0 amide bonds. The first-order valence-electron chi connectivity index (χ1n) is 5.94. The SMILES string of the molecule is Nc1csc(NN=Cc2ccc(CCC(=O)O)cc2)n1. The van der Waals surface area contributed by atoms with Gasteiger partial charge in [0.15, 0.2) is 0 Å². The van der Waals surface area contributed by atoms with Crippen LogP contribution in [0, 0.1) is 0 Å². The highest BCUT2D eigenvalue weighted by molar-refractivity contribution is 7.14. The minimum Gasteiger partial charge on any atom is -0.481 e. The second kappa shape index (κ2) is 6.67. The van der Waals surface area contributed by atoms with E-state index < -0.39 is 5.97 Å². The maximum Gasteiger partial charge on any atom is 0.303 e. The van der Waals surface area contributed by atoms with E-state index >= 15 is 0 Å². The highest BCUT2D eigenvalue weighted by atomic mass is 32.1. The normalized spacial score (nSPS) is 10.8. The summed E-state index contributed by atoms with van der Waals surface area (Å²) in [4.78, 5) is 14.5. The lowest BCUT2D eigenvalue weighted by atomic mass is 10.1. The molecule has 2 aromatic rings. The fourth-order valence-electron chi connectivity index (χ4n) is 1.52. The van der Waals surface area contributed by atoms with E-state index in [1.807, 2.05) is 24.3 Å². The molecule has 104 valence electrons. The van der Waals surface area contributed by atoms with Gasteiger partial charge in [-0.15, -0.1) is 11.3 Å². The van der Waals surface area contributed by atoms with Crippen LogP contribution in [0.5, 0.6) is 0 Å². The smallest absolute Gasteiger partial charge is 0.303 e. The fourth-order valence-corrected chi connectivity index (χ4v) is 2.07. The van der Waals surface area contributed by atoms with E-state index in [0.29, 0.717) is 17.4 Å². The lowest BCUT2D eigenvalue weighted by Crippen LogP contribution is -1.97. The van der Waals surface area contributed by atoms with Crippen molar-refractivity contribution >= 4 is 34.5 Å². The molecule has 0 aliphatic rings. The summed E-state index contributed by atoms with van der Waals surface area (Å²) in [5.74, 6) is -0.321. The van der Waals surface area contributed by atoms with Gasteiger partial charge in [0.25, 0.3) is 0 Å². The summed E-state index contributed by atoms with van der Waals surface area (Å²) >= 11 is 1.38. The Labute approximate surface area is 120 Å². The van der Waals surface area contributed by atoms with E-state index in [9.17, 15) is 4.79 Å². The molecule has 0 aliphatic carbocycles. The monoisotopic (exact) mass is 290 g/mol. The number of aliphatic carboxylic acids is 1. The molecule has 0 saturated heterocycles. The molecular formula is C13H14N4O2S. The number of aryl methyl sites for hydroxylation is 1. The third-order valence-corrected chi connectivity index (χ3v) is 3.27. The summed E-state index contributed by atoms with van der Waals surface area (Å²) in [5.41, 5.74) is 10.2. The number of nitrogens with two attached hydrogens (primary N) is 1. The third kappa shape index (κ3) is 4.36. The van der Waals surface area contributed by atoms with Gasteiger partial charge in [-0.3, -0.25) is 10.2 Å². The molecule has 0 saturated carbocycles. The predicted molar refractivity (Wildman–Crippen MR) is 80.1 cm³/mol. The van der Waals surface area contributed by atoms with Crippen molar-refractivity contribution in [3.8, 4) is 0 Å². The van der Waals surface area contributed by atoms with Gasteiger partial charge < -0.3 is 10.8 Å². The van der Waals surface area contributed by atoms with Crippen molar-refractivity contribution in [1.29, 1.82) is 0 Å². The topological polar surface area (TPSA) is 101 Å². The van der Waals surface area contributed by atoms with Crippen molar-refractivity contribution in [2.45, 2.75) is 12.8 Å². The van der Waals surface area contributed by atoms with Crippen LogP contribution in [0.2, 0.25) is 0 Å². The van der Waals surface area contributed by atoms with Crippen LogP contribution in [0.15, 0.2) is 34.7 Å². The number of anilines is 2. The van der Waals surface area contributed by atoms with Crippen molar-refractivity contribution in [2.75, 3.05) is 11.2 Å². The Hall–Kier alpha value is -2.41. The van der Waals surface area contributed by atoms with Gasteiger partial charge in [-0.05, 0) is 17.5 Å². The van der Waals surface area contributed by atoms with Crippen molar-refractivity contribution in [3.63, 3.8) is 0 Å². The van der Waals surface area contributed by atoms with E-state index in [0.717, 1.165) is 11.1 Å². The zero-order valence-corrected chi connectivity index (χ0v) is 11.4. The molecule has 7 heteroatoms. The molecule has 20 heavy (non-hydrogen) atoms. The van der Waals surface area contributed by atoms with Gasteiger partial charge in [0.1, 0.15) is 5.82 Å². The Morgan fingerprint density at radius 3 is 2.80 bits per heavy atom. The van der Waals surface area contributed by atoms with Gasteiger partial charge in [0.2, 0.25) is 5.13 Å². The Balaban J connectivity index is 1.88. The fraction of sp³-hybridized carbons (Fsp3) is 0.154. The number of carboxylic acid groups (broad SMARTS) is 1. The van der Waals surface area contributed by atoms with Gasteiger partial charge in [-0.1, -0.05) is 24.3 Å². The molecule has 1 aromatic carbocycles. The number of hydrazone groups is 1. The number of hydrogen-bond acceptors (Lipinski definition) is 6. The Bertz CT molecular complexity index is 607. The van der Waals surface area contributed by atoms with Crippen LogP contribution < -0.4 is 11.2 Å². The number of carbonyl (C=O) groups is 1. The number of nitrogen functional groups attached to an aromatic ring is 1. The first-order valence-corrected chi connectivity index (χ1v) is 6.82. The molecule has 0 bridgehead atoms. The minimum absolute atomic E-state index is 0.139. The molecule has 6 nitrogen and oxygen atoms in total. The standard InChI is InChI=1S/C13H14N4O2S/c14-11-8-20-13(16-11)17-15-7-10-3-1-9(2-4-10)5-6-12(18)19/h1-4,7-8H,5-6,14H2,(H,16,17)(H,18,19). The molecule has 0 aliphatic heterocycles. The maximum atomic E-state index is 10.5. The molecule has 2 rings (SSSR count). The van der Waals surface area contributed by atoms with Crippen molar-refractivity contribution in [1.82, 2.24) is 4.98 Å². The van der Waals surface area contributed by atoms with Crippen LogP contribution in [0.25, 0.3) is 0 Å². The summed E-state index contributed by atoms with van der Waals surface area (Å²) in [6.45, 7) is 0. The van der Waals surface area contributed by atoms with Gasteiger partial charge in [-0.25, -0.2) is 4.98 Å². The first-order chi connectivity index (χ1) is 9.63. The molecule has 4 N–H and O–H groups in total. The van der Waals surface area contributed by atoms with E-state index in [4.69, 9.17) is 10.8 Å². The van der Waals surface area contributed by atoms with Crippen LogP contribution in [-0.2, 0) is 11.2 Å². The number of carboxylic acids is 1. The maximum absolute atomic E-state index is 10.5. The molecule has 1 heterocycles. The number of benzene rings is 1. The van der Waals surface area contributed by atoms with E-state index in [1.165, 1.54) is 11.3 Å². The van der Waals surface area contributed by atoms with E-state index in [-0.39, 0.29) is 6.42 Å². The number of hydrogen-bond donors (Lipinski definition) is 3. The van der Waals surface area contributed by atoms with Gasteiger partial charge in [0, 0.05) is 11.8 Å². The minimum atomic E-state index is -0.789. The number of nitrogens with one attached hydrogen (secondary N) is 1. The molecule has 1 aromatic heterocycles. The summed E-state index contributed by atoms with van der Waals surface area (Å²) in [6, 6.07) is 7.56. The number of aromatic nitrogens is 1. The van der Waals surface area contributed by atoms with E-state index in [1.54, 1.807) is 11.6 Å².